The first-order valence-corrected chi connectivity index (χ1v) is 25.5. The molecule has 79 heavy (non-hydrogen) atoms. The van der Waals surface area contributed by atoms with Crippen molar-refractivity contribution in [3.8, 4) is 5.75 Å². The van der Waals surface area contributed by atoms with E-state index in [2.05, 4.69) is 46.9 Å². The Morgan fingerprint density at radius 3 is 2.00 bits per heavy atom. The SMILES string of the molecule is CC[C@H](C)[C@H](NC(=O)[C@H](Cc1ccc(O)c(C(F)(F)F)c1)NC(=O)[C@@H](NC(=O)[C@H](CCCN=C(N)N)NC(=O)[C@@H](N)CC(=O)O)C(C)C)C(=O)N[C@@H](Cc1cnc[nH]1)C(=O)N1CCC[C@H]1C(=O)N[C@@H](Cc1ccccc1)C(=O)O. The minimum atomic E-state index is -5.06. The molecule has 2 heterocycles. The van der Waals surface area contributed by atoms with Crippen LogP contribution in [0.5, 0.6) is 5.75 Å². The van der Waals surface area contributed by atoms with Crippen LogP contribution in [0.3, 0.4) is 0 Å². The number of nitrogens with one attached hydrogen (secondary N) is 7. The van der Waals surface area contributed by atoms with Crippen LogP contribution in [0.1, 0.15) is 88.6 Å². The maximum Gasteiger partial charge on any atom is 0.419 e. The molecular formula is C51H70F3N13O12. The quantitative estimate of drug-likeness (QED) is 0.0241. The summed E-state index contributed by atoms with van der Waals surface area (Å²) in [5.41, 5.74) is 15.9. The van der Waals surface area contributed by atoms with Crippen LogP contribution < -0.4 is 49.1 Å². The molecule has 9 atom stereocenters. The summed E-state index contributed by atoms with van der Waals surface area (Å²) in [6.07, 6.45) is -3.42. The number of aliphatic carboxylic acids is 2. The number of aromatic amines is 1. The first-order chi connectivity index (χ1) is 37.2. The minimum absolute atomic E-state index is 0.0116. The normalized spacial score (nSPS) is 16.4. The number of carbonyl (C=O) groups excluding carboxylic acids is 7. The number of imidazole rings is 1. The van der Waals surface area contributed by atoms with Gasteiger partial charge in [-0.15, -0.1) is 0 Å². The van der Waals surface area contributed by atoms with E-state index in [0.29, 0.717) is 23.7 Å². The first kappa shape index (κ1) is 63.2. The number of carboxylic acid groups (broad SMARTS) is 2. The Labute approximate surface area is 452 Å². The average molecular weight is 1110 g/mol. The summed E-state index contributed by atoms with van der Waals surface area (Å²) in [4.78, 5) is 134. The molecule has 2 aromatic carbocycles. The number of carboxylic acids is 2. The number of phenolic OH excluding ortho intramolecular Hbond substituents is 1. The lowest BCUT2D eigenvalue weighted by Gasteiger charge is -2.32. The van der Waals surface area contributed by atoms with Gasteiger partial charge in [0.1, 0.15) is 48.0 Å². The van der Waals surface area contributed by atoms with Gasteiger partial charge in [0.05, 0.1) is 24.4 Å². The topological polar surface area (TPSA) is 409 Å². The maximum atomic E-state index is 14.6. The lowest BCUT2D eigenvalue weighted by molar-refractivity contribution is -0.145. The van der Waals surface area contributed by atoms with Gasteiger partial charge in [0.2, 0.25) is 41.4 Å². The zero-order chi connectivity index (χ0) is 58.7. The van der Waals surface area contributed by atoms with E-state index in [1.807, 2.05) is 0 Å². The number of nitrogens with two attached hydrogens (primary N) is 3. The van der Waals surface area contributed by atoms with Crippen molar-refractivity contribution in [2.24, 2.45) is 34.0 Å². The van der Waals surface area contributed by atoms with Crippen molar-refractivity contribution in [3.63, 3.8) is 0 Å². The number of aliphatic imine (C=N–C) groups is 1. The van der Waals surface area contributed by atoms with Gasteiger partial charge in [0.25, 0.3) is 0 Å². The second-order valence-corrected chi connectivity index (χ2v) is 19.6. The third-order valence-corrected chi connectivity index (χ3v) is 13.1. The molecule has 16 N–H and O–H groups in total. The minimum Gasteiger partial charge on any atom is -0.507 e. The number of hydrogen-bond acceptors (Lipinski definition) is 13. The van der Waals surface area contributed by atoms with Crippen LogP contribution in [0.4, 0.5) is 13.2 Å². The highest BCUT2D eigenvalue weighted by atomic mass is 19.4. The fourth-order valence-electron chi connectivity index (χ4n) is 8.62. The summed E-state index contributed by atoms with van der Waals surface area (Å²) in [5, 5.41) is 44.5. The summed E-state index contributed by atoms with van der Waals surface area (Å²) in [6, 6.07) is -0.845. The van der Waals surface area contributed by atoms with Crippen molar-refractivity contribution >= 4 is 59.2 Å². The van der Waals surface area contributed by atoms with E-state index < -0.39 is 144 Å². The molecule has 3 aromatic rings. The molecule has 1 aromatic heterocycles. The van der Waals surface area contributed by atoms with E-state index in [-0.39, 0.29) is 63.1 Å². The van der Waals surface area contributed by atoms with Crippen molar-refractivity contribution < 1.29 is 71.6 Å². The number of benzene rings is 2. The summed E-state index contributed by atoms with van der Waals surface area (Å²) in [6.45, 7) is 6.31. The number of phenols is 1. The standard InChI is InChI=1S/C51H70F3N13O12/c1-5-27(4)41(47(76)63-35(22-30-24-58-25-60-30)48(77)67-18-10-14-37(67)45(74)64-36(49(78)79)20-28-11-7-6-8-12-28)66-44(73)34(21-29-15-16-38(68)31(19-29)51(52,53)54)62-46(75)40(26(2)3)65-43(72)33(13-9-17-59-50(56)57)61-42(71)32(55)23-39(69)70/h6-8,11-12,15-16,19,24-27,32-37,40-41,68H,5,9-10,13-14,17-18,20-23,55H2,1-4H3,(H,58,60)(H,61,71)(H,62,75)(H,63,76)(H,64,74)(H,65,72)(H,66,73)(H,69,70)(H,78,79)(H4,56,57,59)/t27-,32-,33-,34-,35-,36-,37-,40-,41-/m0/s1. The lowest BCUT2D eigenvalue weighted by atomic mass is 9.95. The van der Waals surface area contributed by atoms with Gasteiger partial charge in [0, 0.05) is 44.2 Å². The molecule has 1 fully saturated rings. The van der Waals surface area contributed by atoms with Gasteiger partial charge in [0.15, 0.2) is 5.96 Å². The van der Waals surface area contributed by atoms with Gasteiger partial charge in [-0.3, -0.25) is 43.3 Å². The van der Waals surface area contributed by atoms with Gasteiger partial charge < -0.3 is 74.3 Å². The number of halogens is 3. The van der Waals surface area contributed by atoms with Crippen LogP contribution in [0.25, 0.3) is 0 Å². The van der Waals surface area contributed by atoms with E-state index in [1.165, 1.54) is 31.3 Å². The Hall–Kier alpha value is -8.30. The third-order valence-electron chi connectivity index (χ3n) is 13.1. The molecule has 7 amide bonds. The van der Waals surface area contributed by atoms with Crippen molar-refractivity contribution in [2.45, 2.75) is 140 Å². The molecule has 0 saturated carbocycles. The summed E-state index contributed by atoms with van der Waals surface area (Å²) in [7, 11) is 0. The highest BCUT2D eigenvalue weighted by Gasteiger charge is 2.41. The molecule has 1 saturated heterocycles. The van der Waals surface area contributed by atoms with E-state index in [0.717, 1.165) is 12.1 Å². The van der Waals surface area contributed by atoms with Crippen LogP contribution >= 0.6 is 0 Å². The number of rotatable bonds is 29. The highest BCUT2D eigenvalue weighted by Crippen LogP contribution is 2.36. The van der Waals surface area contributed by atoms with E-state index in [9.17, 15) is 71.6 Å². The van der Waals surface area contributed by atoms with Crippen LogP contribution in [0.15, 0.2) is 66.0 Å². The monoisotopic (exact) mass is 1110 g/mol. The Bertz CT molecular complexity index is 2640. The smallest absolute Gasteiger partial charge is 0.419 e. The number of amides is 7. The van der Waals surface area contributed by atoms with Gasteiger partial charge in [-0.05, 0) is 60.8 Å². The van der Waals surface area contributed by atoms with Crippen LogP contribution in [0, 0.1) is 11.8 Å². The number of alkyl halides is 3. The zero-order valence-corrected chi connectivity index (χ0v) is 44.0. The van der Waals surface area contributed by atoms with Crippen LogP contribution in [-0.2, 0) is 68.6 Å². The highest BCUT2D eigenvalue weighted by molar-refractivity contribution is 5.98. The first-order valence-electron chi connectivity index (χ1n) is 25.5. The largest absolute Gasteiger partial charge is 0.507 e. The molecule has 0 spiro atoms. The molecular weight excluding hydrogens is 1040 g/mol. The maximum absolute atomic E-state index is 14.6. The summed E-state index contributed by atoms with van der Waals surface area (Å²) < 4.78 is 42.2. The zero-order valence-electron chi connectivity index (χ0n) is 44.0. The van der Waals surface area contributed by atoms with Gasteiger partial charge in [-0.1, -0.05) is 70.5 Å². The Balaban J connectivity index is 1.66. The number of carbonyl (C=O) groups is 9. The number of aromatic nitrogens is 2. The van der Waals surface area contributed by atoms with Crippen molar-refractivity contribution in [2.75, 3.05) is 13.1 Å². The molecule has 0 radical (unpaired) electrons. The number of guanidine groups is 1. The van der Waals surface area contributed by atoms with Gasteiger partial charge >= 0.3 is 18.1 Å². The Morgan fingerprint density at radius 2 is 1.41 bits per heavy atom. The molecule has 28 heteroatoms. The fraction of sp³-hybridized carbons (Fsp3) is 0.510. The average Bonchev–Trinajstić information content (AvgIpc) is 4.11. The second kappa shape index (κ2) is 29.4. The number of aromatic hydroxyl groups is 1. The van der Waals surface area contributed by atoms with Gasteiger partial charge in [-0.2, -0.15) is 13.2 Å². The Morgan fingerprint density at radius 1 is 0.785 bits per heavy atom. The molecule has 0 unspecified atom stereocenters. The summed E-state index contributed by atoms with van der Waals surface area (Å²) in [5.74, 6) is -12.2. The molecule has 4 rings (SSSR count). The van der Waals surface area contributed by atoms with Crippen molar-refractivity contribution in [1.29, 1.82) is 0 Å². The van der Waals surface area contributed by atoms with E-state index in [4.69, 9.17) is 17.2 Å². The number of hydrogen-bond donors (Lipinski definition) is 13. The Kier molecular flexibility index (Phi) is 23.6. The molecule has 0 aliphatic carbocycles. The number of likely N-dealkylation sites (tertiary alicyclic amines) is 1. The molecule has 1 aliphatic heterocycles. The molecule has 25 nitrogen and oxygen atoms in total. The molecule has 1 aliphatic rings. The predicted octanol–water partition coefficient (Wildman–Crippen LogP) is -0.296. The van der Waals surface area contributed by atoms with Crippen molar-refractivity contribution in [3.05, 3.63) is 83.4 Å². The number of nitrogens with zero attached hydrogens (tertiary/aromatic N) is 3. The second-order valence-electron chi connectivity index (χ2n) is 19.6. The third kappa shape index (κ3) is 19.3. The van der Waals surface area contributed by atoms with Gasteiger partial charge in [-0.25, -0.2) is 9.78 Å². The van der Waals surface area contributed by atoms with E-state index >= 15 is 0 Å². The lowest BCUT2D eigenvalue weighted by Crippen LogP contribution is -2.62. The van der Waals surface area contributed by atoms with Crippen LogP contribution in [-0.4, -0.2) is 151 Å². The number of H-pyrrole nitrogens is 1. The molecule has 432 valence electrons. The fourth-order valence-corrected chi connectivity index (χ4v) is 8.62. The van der Waals surface area contributed by atoms with Crippen LogP contribution in [0.2, 0.25) is 0 Å². The molecule has 0 bridgehead atoms. The summed E-state index contributed by atoms with van der Waals surface area (Å²) >= 11 is 0. The van der Waals surface area contributed by atoms with Crippen molar-refractivity contribution in [1.82, 2.24) is 46.8 Å². The van der Waals surface area contributed by atoms with E-state index in [1.54, 1.807) is 44.2 Å². The predicted molar refractivity (Wildman–Crippen MR) is 278 cm³/mol.